The Labute approximate surface area is 145 Å². The zero-order valence-corrected chi connectivity index (χ0v) is 13.9. The summed E-state index contributed by atoms with van der Waals surface area (Å²) in [6, 6.07) is 5.45. The van der Waals surface area contributed by atoms with Crippen molar-refractivity contribution in [2.45, 2.75) is 12.6 Å². The van der Waals surface area contributed by atoms with Gasteiger partial charge in [0.15, 0.2) is 0 Å². The molecule has 0 radical (unpaired) electrons. The van der Waals surface area contributed by atoms with E-state index in [9.17, 15) is 4.79 Å². The Bertz CT molecular complexity index is 736. The minimum absolute atomic E-state index is 0.00557. The van der Waals surface area contributed by atoms with Crippen molar-refractivity contribution >= 4 is 11.7 Å². The number of furan rings is 1. The van der Waals surface area contributed by atoms with Crippen LogP contribution in [0.15, 0.2) is 35.2 Å². The van der Waals surface area contributed by atoms with Crippen LogP contribution in [0.1, 0.15) is 5.76 Å². The molecule has 8 heteroatoms. The van der Waals surface area contributed by atoms with E-state index in [1.165, 1.54) is 6.33 Å². The summed E-state index contributed by atoms with van der Waals surface area (Å²) in [7, 11) is 1.58. The number of nitrogens with zero attached hydrogens (tertiary/aromatic N) is 3. The van der Waals surface area contributed by atoms with Crippen LogP contribution in [0.25, 0.3) is 0 Å². The first-order chi connectivity index (χ1) is 12.2. The highest BCUT2D eigenvalue weighted by Crippen LogP contribution is 2.35. The molecular weight excluding hydrogens is 324 g/mol. The van der Waals surface area contributed by atoms with Crippen LogP contribution in [0.3, 0.4) is 0 Å². The third-order valence-electron chi connectivity index (χ3n) is 4.83. The lowest BCUT2D eigenvalue weighted by atomic mass is 9.92. The second-order valence-electron chi connectivity index (χ2n) is 6.26. The molecule has 0 spiro atoms. The molecule has 1 amide bonds. The Kier molecular flexibility index (Phi) is 4.27. The molecule has 4 rings (SSSR count). The van der Waals surface area contributed by atoms with E-state index in [0.29, 0.717) is 25.6 Å². The number of methoxy groups -OCH3 is 1. The Balaban J connectivity index is 1.39. The van der Waals surface area contributed by atoms with Crippen LogP contribution in [0.2, 0.25) is 0 Å². The lowest BCUT2D eigenvalue weighted by Gasteiger charge is -2.20. The van der Waals surface area contributed by atoms with Crippen LogP contribution < -0.4 is 15.0 Å². The molecule has 2 aromatic rings. The first-order valence-corrected chi connectivity index (χ1v) is 8.27. The highest BCUT2D eigenvalue weighted by molar-refractivity contribution is 5.79. The fraction of sp³-hybridized carbons (Fsp3) is 0.471. The third-order valence-corrected chi connectivity index (χ3v) is 4.83. The fourth-order valence-electron chi connectivity index (χ4n) is 3.50. The molecule has 25 heavy (non-hydrogen) atoms. The van der Waals surface area contributed by atoms with Crippen LogP contribution >= 0.6 is 0 Å². The molecule has 3 atom stereocenters. The summed E-state index contributed by atoms with van der Waals surface area (Å²) in [5, 5.41) is 2.94. The Morgan fingerprint density at radius 2 is 2.36 bits per heavy atom. The van der Waals surface area contributed by atoms with Crippen molar-refractivity contribution in [2.24, 2.45) is 11.8 Å². The maximum Gasteiger partial charge on any atom is 0.226 e. The molecule has 0 saturated carbocycles. The van der Waals surface area contributed by atoms with Crippen molar-refractivity contribution in [1.82, 2.24) is 15.3 Å². The SMILES string of the molecule is COc1cc(N2C[C@@H]3[C@H](C2)OC[C@H]3C(=O)NCc2ccco2)ncn1. The van der Waals surface area contributed by atoms with Gasteiger partial charge in [-0.2, -0.15) is 0 Å². The van der Waals surface area contributed by atoms with Crippen LogP contribution in [-0.4, -0.2) is 48.8 Å². The lowest BCUT2D eigenvalue weighted by molar-refractivity contribution is -0.126. The van der Waals surface area contributed by atoms with E-state index in [-0.39, 0.29) is 23.8 Å². The summed E-state index contributed by atoms with van der Waals surface area (Å²) in [6.07, 6.45) is 3.12. The van der Waals surface area contributed by atoms with Gasteiger partial charge < -0.3 is 24.1 Å². The molecule has 2 aliphatic heterocycles. The number of hydrogen-bond acceptors (Lipinski definition) is 7. The molecule has 132 valence electrons. The summed E-state index contributed by atoms with van der Waals surface area (Å²) in [6.45, 7) is 2.29. The maximum absolute atomic E-state index is 12.5. The van der Waals surface area contributed by atoms with Crippen LogP contribution in [0.5, 0.6) is 5.88 Å². The van der Waals surface area contributed by atoms with Crippen molar-refractivity contribution in [3.05, 3.63) is 36.5 Å². The van der Waals surface area contributed by atoms with Gasteiger partial charge in [-0.05, 0) is 12.1 Å². The Morgan fingerprint density at radius 1 is 1.44 bits per heavy atom. The van der Waals surface area contributed by atoms with Gasteiger partial charge in [0.05, 0.1) is 38.5 Å². The minimum atomic E-state index is -0.159. The molecular formula is C17H20N4O4. The Hall–Kier alpha value is -2.61. The first kappa shape index (κ1) is 15.9. The normalized spacial score (nSPS) is 25.0. The molecule has 1 N–H and O–H groups in total. The van der Waals surface area contributed by atoms with Gasteiger partial charge in [-0.3, -0.25) is 4.79 Å². The van der Waals surface area contributed by atoms with Crippen molar-refractivity contribution in [1.29, 1.82) is 0 Å². The molecule has 0 bridgehead atoms. The molecule has 0 aromatic carbocycles. The van der Waals surface area contributed by atoms with Crippen LogP contribution in [0.4, 0.5) is 5.82 Å². The topological polar surface area (TPSA) is 89.7 Å². The number of hydrogen-bond donors (Lipinski definition) is 1. The molecule has 8 nitrogen and oxygen atoms in total. The number of carbonyl (C=O) groups is 1. The molecule has 4 heterocycles. The van der Waals surface area contributed by atoms with Crippen molar-refractivity contribution in [3.63, 3.8) is 0 Å². The first-order valence-electron chi connectivity index (χ1n) is 8.27. The largest absolute Gasteiger partial charge is 0.481 e. The number of carbonyl (C=O) groups excluding carboxylic acids is 1. The van der Waals surface area contributed by atoms with E-state index in [0.717, 1.165) is 18.1 Å². The quantitative estimate of drug-likeness (QED) is 0.860. The summed E-state index contributed by atoms with van der Waals surface area (Å²) < 4.78 is 16.3. The minimum Gasteiger partial charge on any atom is -0.481 e. The highest BCUT2D eigenvalue weighted by Gasteiger charge is 2.47. The third kappa shape index (κ3) is 3.17. The fourth-order valence-corrected chi connectivity index (χ4v) is 3.50. The zero-order valence-electron chi connectivity index (χ0n) is 13.9. The lowest BCUT2D eigenvalue weighted by Crippen LogP contribution is -2.36. The van der Waals surface area contributed by atoms with Crippen LogP contribution in [0, 0.1) is 11.8 Å². The number of amides is 1. The second kappa shape index (κ2) is 6.72. The van der Waals surface area contributed by atoms with Crippen molar-refractivity contribution in [2.75, 3.05) is 31.7 Å². The number of nitrogens with one attached hydrogen (secondary N) is 1. The van der Waals surface area contributed by atoms with E-state index in [1.807, 2.05) is 6.07 Å². The Morgan fingerprint density at radius 3 is 3.16 bits per heavy atom. The summed E-state index contributed by atoms with van der Waals surface area (Å²) in [5.74, 6) is 2.05. The molecule has 2 saturated heterocycles. The van der Waals surface area contributed by atoms with E-state index >= 15 is 0 Å². The number of rotatable bonds is 5. The second-order valence-corrected chi connectivity index (χ2v) is 6.26. The van der Waals surface area contributed by atoms with Gasteiger partial charge >= 0.3 is 0 Å². The predicted octanol–water partition coefficient (Wildman–Crippen LogP) is 0.846. The van der Waals surface area contributed by atoms with Crippen molar-refractivity contribution < 1.29 is 18.7 Å². The van der Waals surface area contributed by atoms with Gasteiger partial charge in [0, 0.05) is 25.1 Å². The number of aromatic nitrogens is 2. The molecule has 0 aliphatic carbocycles. The highest BCUT2D eigenvalue weighted by atomic mass is 16.5. The number of anilines is 1. The van der Waals surface area contributed by atoms with Crippen LogP contribution in [-0.2, 0) is 16.1 Å². The zero-order chi connectivity index (χ0) is 17.2. The summed E-state index contributed by atoms with van der Waals surface area (Å²) in [5.41, 5.74) is 0. The van der Waals surface area contributed by atoms with E-state index < -0.39 is 0 Å². The van der Waals surface area contributed by atoms with Gasteiger partial charge in [0.2, 0.25) is 11.8 Å². The van der Waals surface area contributed by atoms with E-state index in [1.54, 1.807) is 25.5 Å². The average Bonchev–Trinajstić information content (AvgIpc) is 3.36. The average molecular weight is 344 g/mol. The molecule has 2 aromatic heterocycles. The summed E-state index contributed by atoms with van der Waals surface area (Å²) >= 11 is 0. The number of fused-ring (bicyclic) bond motifs is 1. The van der Waals surface area contributed by atoms with Gasteiger partial charge in [-0.1, -0.05) is 0 Å². The predicted molar refractivity (Wildman–Crippen MR) is 88.1 cm³/mol. The van der Waals surface area contributed by atoms with Gasteiger partial charge in [0.25, 0.3) is 0 Å². The smallest absolute Gasteiger partial charge is 0.226 e. The van der Waals surface area contributed by atoms with E-state index in [2.05, 4.69) is 20.2 Å². The molecule has 0 unspecified atom stereocenters. The standard InChI is InChI=1S/C17H20N4O4/c1-23-16-5-15(19-10-20-16)21-7-12-13(9-25-14(12)8-21)17(22)18-6-11-3-2-4-24-11/h2-5,10,12-14H,6-9H2,1H3,(H,18,22)/t12-,13+,14-/m0/s1. The molecule has 2 aliphatic rings. The van der Waals surface area contributed by atoms with Crippen molar-refractivity contribution in [3.8, 4) is 5.88 Å². The molecule has 2 fully saturated rings. The van der Waals surface area contributed by atoms with Gasteiger partial charge in [0.1, 0.15) is 17.9 Å². The maximum atomic E-state index is 12.5. The van der Waals surface area contributed by atoms with E-state index in [4.69, 9.17) is 13.9 Å². The monoisotopic (exact) mass is 344 g/mol. The summed E-state index contributed by atoms with van der Waals surface area (Å²) in [4.78, 5) is 23.0. The van der Waals surface area contributed by atoms with Gasteiger partial charge in [-0.15, -0.1) is 0 Å². The van der Waals surface area contributed by atoms with Gasteiger partial charge in [-0.25, -0.2) is 9.97 Å². The number of ether oxygens (including phenoxy) is 2.